The lowest BCUT2D eigenvalue weighted by Crippen LogP contribution is -1.94. The molecule has 0 amide bonds. The fraction of sp³-hybridized carbons (Fsp3) is 0.231. The lowest BCUT2D eigenvalue weighted by molar-refractivity contribution is 0.415. The Bertz CT molecular complexity index is 500. The van der Waals surface area contributed by atoms with Gasteiger partial charge in [-0.05, 0) is 36.8 Å². The van der Waals surface area contributed by atoms with Gasteiger partial charge in [0.25, 0.3) is 0 Å². The third-order valence-electron chi connectivity index (χ3n) is 2.46. The Balaban J connectivity index is 2.14. The Morgan fingerprint density at radius 1 is 1.29 bits per heavy atom. The predicted octanol–water partition coefficient (Wildman–Crippen LogP) is 2.66. The van der Waals surface area contributed by atoms with Gasteiger partial charge < -0.3 is 4.74 Å². The molecule has 0 aliphatic rings. The summed E-state index contributed by atoms with van der Waals surface area (Å²) in [6, 6.07) is 9.66. The quantitative estimate of drug-likeness (QED) is 0.756. The van der Waals surface area contributed by atoms with Crippen LogP contribution in [0.5, 0.6) is 5.75 Å². The standard InChI is InChI=1S/C13H15N3O/c1-3-16-13(8-9-15-16)14-10-11-4-6-12(17-2)7-5-11/h4-10H,3H2,1-2H3/b14-10+. The van der Waals surface area contributed by atoms with Gasteiger partial charge in [0.2, 0.25) is 0 Å². The minimum Gasteiger partial charge on any atom is -0.497 e. The molecular weight excluding hydrogens is 214 g/mol. The molecule has 1 aromatic carbocycles. The minimum absolute atomic E-state index is 0.822. The molecular formula is C13H15N3O. The summed E-state index contributed by atoms with van der Waals surface area (Å²) in [6.07, 6.45) is 3.58. The maximum Gasteiger partial charge on any atom is 0.150 e. The van der Waals surface area contributed by atoms with E-state index in [1.54, 1.807) is 13.3 Å². The van der Waals surface area contributed by atoms with E-state index < -0.39 is 0 Å². The van der Waals surface area contributed by atoms with Gasteiger partial charge in [-0.25, -0.2) is 9.67 Å². The number of hydrogen-bond donors (Lipinski definition) is 0. The van der Waals surface area contributed by atoms with E-state index in [9.17, 15) is 0 Å². The van der Waals surface area contributed by atoms with Gasteiger partial charge in [0.15, 0.2) is 0 Å². The van der Waals surface area contributed by atoms with Crippen molar-refractivity contribution in [2.24, 2.45) is 4.99 Å². The van der Waals surface area contributed by atoms with Gasteiger partial charge in [-0.3, -0.25) is 0 Å². The minimum atomic E-state index is 0.822. The number of hydrogen-bond acceptors (Lipinski definition) is 3. The maximum atomic E-state index is 5.10. The molecule has 4 heteroatoms. The van der Waals surface area contributed by atoms with Crippen LogP contribution in [0, 0.1) is 0 Å². The van der Waals surface area contributed by atoms with Crippen molar-refractivity contribution in [3.8, 4) is 5.75 Å². The largest absolute Gasteiger partial charge is 0.497 e. The van der Waals surface area contributed by atoms with E-state index in [1.807, 2.05) is 48.2 Å². The highest BCUT2D eigenvalue weighted by Gasteiger charge is 1.96. The van der Waals surface area contributed by atoms with Crippen molar-refractivity contribution < 1.29 is 4.74 Å². The summed E-state index contributed by atoms with van der Waals surface area (Å²) in [4.78, 5) is 4.40. The number of ether oxygens (including phenoxy) is 1. The molecule has 1 heterocycles. The number of aliphatic imine (C=N–C) groups is 1. The van der Waals surface area contributed by atoms with Crippen LogP contribution in [-0.4, -0.2) is 23.1 Å². The topological polar surface area (TPSA) is 39.4 Å². The first-order valence-corrected chi connectivity index (χ1v) is 5.53. The van der Waals surface area contributed by atoms with E-state index in [0.29, 0.717) is 0 Å². The summed E-state index contributed by atoms with van der Waals surface area (Å²) in [5.41, 5.74) is 1.04. The van der Waals surface area contributed by atoms with Crippen molar-refractivity contribution in [1.29, 1.82) is 0 Å². The molecule has 0 aliphatic carbocycles. The SMILES string of the molecule is CCn1nccc1/N=C/c1ccc(OC)cc1. The van der Waals surface area contributed by atoms with E-state index >= 15 is 0 Å². The fourth-order valence-electron chi connectivity index (χ4n) is 1.51. The van der Waals surface area contributed by atoms with Gasteiger partial charge >= 0.3 is 0 Å². The number of aryl methyl sites for hydroxylation is 1. The molecule has 0 spiro atoms. The zero-order valence-electron chi connectivity index (χ0n) is 10.00. The Morgan fingerprint density at radius 3 is 2.71 bits per heavy atom. The first-order valence-electron chi connectivity index (χ1n) is 5.53. The molecule has 4 nitrogen and oxygen atoms in total. The summed E-state index contributed by atoms with van der Waals surface area (Å²) >= 11 is 0. The van der Waals surface area contributed by atoms with Crippen LogP contribution in [0.15, 0.2) is 41.5 Å². The van der Waals surface area contributed by atoms with Crippen LogP contribution >= 0.6 is 0 Å². The number of methoxy groups -OCH3 is 1. The highest BCUT2D eigenvalue weighted by molar-refractivity contribution is 5.81. The molecule has 0 radical (unpaired) electrons. The Kier molecular flexibility index (Phi) is 3.55. The summed E-state index contributed by atoms with van der Waals surface area (Å²) in [6.45, 7) is 2.86. The zero-order chi connectivity index (χ0) is 12.1. The number of rotatable bonds is 4. The smallest absolute Gasteiger partial charge is 0.150 e. The van der Waals surface area contributed by atoms with E-state index in [1.165, 1.54) is 0 Å². The maximum absolute atomic E-state index is 5.10. The molecule has 0 saturated heterocycles. The van der Waals surface area contributed by atoms with Gasteiger partial charge in [0.1, 0.15) is 11.6 Å². The Morgan fingerprint density at radius 2 is 2.06 bits per heavy atom. The van der Waals surface area contributed by atoms with Crippen molar-refractivity contribution in [2.75, 3.05) is 7.11 Å². The van der Waals surface area contributed by atoms with E-state index in [2.05, 4.69) is 10.1 Å². The number of nitrogens with zero attached hydrogens (tertiary/aromatic N) is 3. The van der Waals surface area contributed by atoms with Gasteiger partial charge in [0, 0.05) is 18.8 Å². The average molecular weight is 229 g/mol. The summed E-state index contributed by atoms with van der Waals surface area (Å²) in [7, 11) is 1.66. The van der Waals surface area contributed by atoms with Gasteiger partial charge in [-0.15, -0.1) is 0 Å². The number of benzene rings is 1. The fourth-order valence-corrected chi connectivity index (χ4v) is 1.51. The third-order valence-corrected chi connectivity index (χ3v) is 2.46. The molecule has 0 N–H and O–H groups in total. The second-order valence-corrected chi connectivity index (χ2v) is 3.54. The molecule has 0 bridgehead atoms. The molecule has 0 aliphatic heterocycles. The predicted molar refractivity (Wildman–Crippen MR) is 68.1 cm³/mol. The van der Waals surface area contributed by atoms with Crippen molar-refractivity contribution in [1.82, 2.24) is 9.78 Å². The second kappa shape index (κ2) is 5.30. The van der Waals surface area contributed by atoms with Crippen molar-refractivity contribution in [2.45, 2.75) is 13.5 Å². The van der Waals surface area contributed by atoms with Crippen molar-refractivity contribution >= 4 is 12.0 Å². The molecule has 88 valence electrons. The van der Waals surface area contributed by atoms with Gasteiger partial charge in [-0.1, -0.05) is 0 Å². The van der Waals surface area contributed by atoms with Gasteiger partial charge in [0.05, 0.1) is 13.3 Å². The first kappa shape index (κ1) is 11.4. The zero-order valence-corrected chi connectivity index (χ0v) is 10.00. The van der Waals surface area contributed by atoms with Crippen LogP contribution in [0.25, 0.3) is 0 Å². The van der Waals surface area contributed by atoms with E-state index in [4.69, 9.17) is 4.74 Å². The average Bonchev–Trinajstić information content (AvgIpc) is 2.84. The third kappa shape index (κ3) is 2.72. The van der Waals surface area contributed by atoms with Crippen LogP contribution < -0.4 is 4.74 Å². The van der Waals surface area contributed by atoms with Crippen LogP contribution in [0.1, 0.15) is 12.5 Å². The monoisotopic (exact) mass is 229 g/mol. The second-order valence-electron chi connectivity index (χ2n) is 3.54. The number of aromatic nitrogens is 2. The molecule has 1 aromatic heterocycles. The molecule has 2 rings (SSSR count). The van der Waals surface area contributed by atoms with Crippen LogP contribution in [0.2, 0.25) is 0 Å². The van der Waals surface area contributed by atoms with Gasteiger partial charge in [-0.2, -0.15) is 5.10 Å². The Labute approximate surface area is 101 Å². The molecule has 0 unspecified atom stereocenters. The first-order chi connectivity index (χ1) is 8.33. The lowest BCUT2D eigenvalue weighted by atomic mass is 10.2. The van der Waals surface area contributed by atoms with Crippen molar-refractivity contribution in [3.63, 3.8) is 0 Å². The Hall–Kier alpha value is -2.10. The lowest BCUT2D eigenvalue weighted by Gasteiger charge is -2.00. The highest BCUT2D eigenvalue weighted by Crippen LogP contribution is 2.13. The molecule has 0 atom stereocenters. The summed E-state index contributed by atoms with van der Waals surface area (Å²) in [5.74, 6) is 1.71. The molecule has 0 fully saturated rings. The van der Waals surface area contributed by atoms with Crippen LogP contribution in [-0.2, 0) is 6.54 Å². The summed E-state index contributed by atoms with van der Waals surface area (Å²) in [5, 5.41) is 4.16. The molecule has 0 saturated carbocycles. The molecule has 17 heavy (non-hydrogen) atoms. The van der Waals surface area contributed by atoms with E-state index in [-0.39, 0.29) is 0 Å². The normalized spacial score (nSPS) is 10.9. The van der Waals surface area contributed by atoms with E-state index in [0.717, 1.165) is 23.7 Å². The van der Waals surface area contributed by atoms with Crippen LogP contribution in [0.3, 0.4) is 0 Å². The summed E-state index contributed by atoms with van der Waals surface area (Å²) < 4.78 is 6.94. The van der Waals surface area contributed by atoms with Crippen LogP contribution in [0.4, 0.5) is 5.82 Å². The highest BCUT2D eigenvalue weighted by atomic mass is 16.5. The molecule has 2 aromatic rings. The van der Waals surface area contributed by atoms with Crippen molar-refractivity contribution in [3.05, 3.63) is 42.1 Å².